The molecule has 2 N–H and O–H groups in total. The van der Waals surface area contributed by atoms with E-state index >= 15 is 0 Å². The summed E-state index contributed by atoms with van der Waals surface area (Å²) >= 11 is 0. The molecular weight excluding hydrogens is 182 g/mol. The fourth-order valence-corrected chi connectivity index (χ4v) is 1.29. The van der Waals surface area contributed by atoms with E-state index in [-0.39, 0.29) is 12.1 Å². The van der Waals surface area contributed by atoms with Gasteiger partial charge in [-0.05, 0) is 19.8 Å². The molecule has 1 saturated carbocycles. The van der Waals surface area contributed by atoms with Crippen LogP contribution >= 0.6 is 0 Å². The lowest BCUT2D eigenvalue weighted by atomic mass is 10.1. The standard InChI is InChI=1S/C10H21NO3/c1-10(7-12,11-9-3-4-9)8-14-6-5-13-2/h9,11-12H,3-8H2,1-2H3. The average molecular weight is 203 g/mol. The molecule has 0 heterocycles. The zero-order valence-electron chi connectivity index (χ0n) is 9.08. The Morgan fingerprint density at radius 1 is 1.43 bits per heavy atom. The summed E-state index contributed by atoms with van der Waals surface area (Å²) in [6.07, 6.45) is 2.43. The second-order valence-corrected chi connectivity index (χ2v) is 4.18. The smallest absolute Gasteiger partial charge is 0.0701 e. The van der Waals surface area contributed by atoms with Gasteiger partial charge in [0.25, 0.3) is 0 Å². The van der Waals surface area contributed by atoms with Crippen molar-refractivity contribution in [2.45, 2.75) is 31.3 Å². The molecule has 0 aromatic rings. The molecular formula is C10H21NO3. The highest BCUT2D eigenvalue weighted by atomic mass is 16.5. The molecule has 4 nitrogen and oxygen atoms in total. The van der Waals surface area contributed by atoms with Crippen LogP contribution in [0.15, 0.2) is 0 Å². The first-order chi connectivity index (χ1) is 6.70. The van der Waals surface area contributed by atoms with Crippen molar-refractivity contribution in [2.24, 2.45) is 0 Å². The van der Waals surface area contributed by atoms with Crippen LogP contribution in [0.5, 0.6) is 0 Å². The van der Waals surface area contributed by atoms with E-state index in [4.69, 9.17) is 9.47 Å². The van der Waals surface area contributed by atoms with Gasteiger partial charge in [-0.25, -0.2) is 0 Å². The van der Waals surface area contributed by atoms with Gasteiger partial charge in [-0.1, -0.05) is 0 Å². The third-order valence-electron chi connectivity index (χ3n) is 2.33. The minimum atomic E-state index is -0.297. The number of aliphatic hydroxyl groups is 1. The Hall–Kier alpha value is -0.160. The van der Waals surface area contributed by atoms with Crippen LogP contribution in [0.25, 0.3) is 0 Å². The third kappa shape index (κ3) is 4.37. The van der Waals surface area contributed by atoms with Crippen molar-refractivity contribution in [2.75, 3.05) is 33.5 Å². The first-order valence-electron chi connectivity index (χ1n) is 5.15. The molecule has 0 bridgehead atoms. The molecule has 1 aliphatic carbocycles. The summed E-state index contributed by atoms with van der Waals surface area (Å²) < 4.78 is 10.3. The van der Waals surface area contributed by atoms with Gasteiger partial charge in [0.05, 0.1) is 32.0 Å². The van der Waals surface area contributed by atoms with Crippen LogP contribution in [0.1, 0.15) is 19.8 Å². The quantitative estimate of drug-likeness (QED) is 0.551. The number of aliphatic hydroxyl groups excluding tert-OH is 1. The van der Waals surface area contributed by atoms with Gasteiger partial charge in [0.15, 0.2) is 0 Å². The Kier molecular flexibility index (Phi) is 4.81. The molecule has 0 radical (unpaired) electrons. The molecule has 0 spiro atoms. The number of rotatable bonds is 8. The molecule has 0 amide bonds. The van der Waals surface area contributed by atoms with E-state index in [9.17, 15) is 5.11 Å². The van der Waals surface area contributed by atoms with E-state index in [0.717, 1.165) is 0 Å². The van der Waals surface area contributed by atoms with Gasteiger partial charge in [-0.2, -0.15) is 0 Å². The van der Waals surface area contributed by atoms with Crippen LogP contribution in [0, 0.1) is 0 Å². The number of hydrogen-bond donors (Lipinski definition) is 2. The summed E-state index contributed by atoms with van der Waals surface area (Å²) in [5.41, 5.74) is -0.297. The van der Waals surface area contributed by atoms with E-state index in [1.54, 1.807) is 7.11 Å². The molecule has 4 heteroatoms. The Morgan fingerprint density at radius 2 is 2.14 bits per heavy atom. The van der Waals surface area contributed by atoms with E-state index in [1.807, 2.05) is 6.92 Å². The minimum absolute atomic E-state index is 0.108. The normalized spacial score (nSPS) is 20.8. The van der Waals surface area contributed by atoms with E-state index < -0.39 is 0 Å². The van der Waals surface area contributed by atoms with Crippen molar-refractivity contribution in [3.63, 3.8) is 0 Å². The van der Waals surface area contributed by atoms with Crippen molar-refractivity contribution in [3.8, 4) is 0 Å². The number of methoxy groups -OCH3 is 1. The Morgan fingerprint density at radius 3 is 2.64 bits per heavy atom. The topological polar surface area (TPSA) is 50.7 Å². The van der Waals surface area contributed by atoms with Gasteiger partial charge in [-0.15, -0.1) is 0 Å². The second-order valence-electron chi connectivity index (χ2n) is 4.18. The average Bonchev–Trinajstić information content (AvgIpc) is 2.96. The molecule has 1 fully saturated rings. The Balaban J connectivity index is 2.14. The summed E-state index contributed by atoms with van der Waals surface area (Å²) in [5.74, 6) is 0. The molecule has 14 heavy (non-hydrogen) atoms. The third-order valence-corrected chi connectivity index (χ3v) is 2.33. The predicted molar refractivity (Wildman–Crippen MR) is 54.3 cm³/mol. The minimum Gasteiger partial charge on any atom is -0.394 e. The Bertz CT molecular complexity index is 161. The van der Waals surface area contributed by atoms with Gasteiger partial charge in [0, 0.05) is 13.2 Å². The van der Waals surface area contributed by atoms with Crippen LogP contribution in [0.4, 0.5) is 0 Å². The van der Waals surface area contributed by atoms with Gasteiger partial charge >= 0.3 is 0 Å². The maximum atomic E-state index is 9.24. The van der Waals surface area contributed by atoms with Crippen LogP contribution < -0.4 is 5.32 Å². The largest absolute Gasteiger partial charge is 0.394 e. The van der Waals surface area contributed by atoms with Crippen molar-refractivity contribution in [3.05, 3.63) is 0 Å². The summed E-state index contributed by atoms with van der Waals surface area (Å²) in [6, 6.07) is 0.582. The van der Waals surface area contributed by atoms with Crippen molar-refractivity contribution >= 4 is 0 Å². The molecule has 0 aromatic carbocycles. The molecule has 84 valence electrons. The van der Waals surface area contributed by atoms with Crippen molar-refractivity contribution in [1.82, 2.24) is 5.32 Å². The maximum absolute atomic E-state index is 9.24. The van der Waals surface area contributed by atoms with Crippen LogP contribution in [-0.4, -0.2) is 50.2 Å². The first kappa shape index (κ1) is 11.9. The molecule has 1 unspecified atom stereocenters. The molecule has 1 aliphatic rings. The summed E-state index contributed by atoms with van der Waals surface area (Å²) in [4.78, 5) is 0. The van der Waals surface area contributed by atoms with Gasteiger partial charge < -0.3 is 19.9 Å². The lowest BCUT2D eigenvalue weighted by Gasteiger charge is -2.28. The van der Waals surface area contributed by atoms with E-state index in [1.165, 1.54) is 12.8 Å². The fraction of sp³-hybridized carbons (Fsp3) is 1.00. The maximum Gasteiger partial charge on any atom is 0.0701 e. The lowest BCUT2D eigenvalue weighted by molar-refractivity contribution is 0.0182. The monoisotopic (exact) mass is 203 g/mol. The highest BCUT2D eigenvalue weighted by molar-refractivity contribution is 4.92. The zero-order chi connectivity index (χ0) is 10.4. The Labute approximate surface area is 85.6 Å². The molecule has 0 saturated heterocycles. The number of hydrogen-bond acceptors (Lipinski definition) is 4. The molecule has 1 atom stereocenters. The van der Waals surface area contributed by atoms with Crippen LogP contribution in [-0.2, 0) is 9.47 Å². The van der Waals surface area contributed by atoms with Gasteiger partial charge in [-0.3, -0.25) is 0 Å². The SMILES string of the molecule is COCCOCC(C)(CO)NC1CC1. The zero-order valence-corrected chi connectivity index (χ0v) is 9.08. The second kappa shape index (κ2) is 5.66. The van der Waals surface area contributed by atoms with E-state index in [0.29, 0.717) is 25.9 Å². The summed E-state index contributed by atoms with van der Waals surface area (Å²) in [5, 5.41) is 12.6. The lowest BCUT2D eigenvalue weighted by Crippen LogP contribution is -2.50. The highest BCUT2D eigenvalue weighted by Crippen LogP contribution is 2.22. The van der Waals surface area contributed by atoms with E-state index in [2.05, 4.69) is 5.32 Å². The van der Waals surface area contributed by atoms with Crippen LogP contribution in [0.2, 0.25) is 0 Å². The number of nitrogens with one attached hydrogen (secondary N) is 1. The molecule has 0 aliphatic heterocycles. The first-order valence-corrected chi connectivity index (χ1v) is 5.15. The number of ether oxygens (including phenoxy) is 2. The molecule has 0 aromatic heterocycles. The van der Waals surface area contributed by atoms with Gasteiger partial charge in [0.1, 0.15) is 0 Å². The fourth-order valence-electron chi connectivity index (χ4n) is 1.29. The summed E-state index contributed by atoms with van der Waals surface area (Å²) in [6.45, 7) is 3.81. The van der Waals surface area contributed by atoms with Crippen LogP contribution in [0.3, 0.4) is 0 Å². The van der Waals surface area contributed by atoms with Gasteiger partial charge in [0.2, 0.25) is 0 Å². The summed E-state index contributed by atoms with van der Waals surface area (Å²) in [7, 11) is 1.65. The molecule has 1 rings (SSSR count). The van der Waals surface area contributed by atoms with Crippen molar-refractivity contribution in [1.29, 1.82) is 0 Å². The highest BCUT2D eigenvalue weighted by Gasteiger charge is 2.32. The predicted octanol–water partition coefficient (Wildman–Crippen LogP) is 0.152. The van der Waals surface area contributed by atoms with Crippen molar-refractivity contribution < 1.29 is 14.6 Å².